The predicted octanol–water partition coefficient (Wildman–Crippen LogP) is 8.12. The van der Waals surface area contributed by atoms with Gasteiger partial charge in [-0.15, -0.1) is 0 Å². The molecule has 1 aromatic heterocycles. The summed E-state index contributed by atoms with van der Waals surface area (Å²) in [7, 11) is 0. The van der Waals surface area contributed by atoms with E-state index in [1.54, 1.807) is 43.3 Å². The second-order valence-corrected chi connectivity index (χ2v) is 10.8. The number of benzene rings is 3. The Balaban J connectivity index is 1.66. The number of carbonyl (C=O) groups is 1. The number of fused-ring (bicyclic) bond motifs is 1. The topological polar surface area (TPSA) is 69.0 Å². The van der Waals surface area contributed by atoms with E-state index in [9.17, 15) is 22.8 Å². The molecule has 3 aromatic carbocycles. The van der Waals surface area contributed by atoms with Crippen molar-refractivity contribution in [3.63, 3.8) is 0 Å². The molecule has 0 N–H and O–H groups in total. The summed E-state index contributed by atoms with van der Waals surface area (Å²) >= 11 is 0. The van der Waals surface area contributed by atoms with Crippen LogP contribution in [0, 0.1) is 20.8 Å². The number of esters is 1. The molecule has 220 valence electrons. The lowest BCUT2D eigenvalue weighted by Gasteiger charge is -2.22. The minimum atomic E-state index is -5.03. The molecule has 0 saturated carbocycles. The van der Waals surface area contributed by atoms with Gasteiger partial charge in [0.05, 0.1) is 16.5 Å². The summed E-state index contributed by atoms with van der Waals surface area (Å²) in [5.74, 6) is -3.03. The number of likely N-dealkylation sites (tertiary alicyclic amines) is 1. The molecule has 0 atom stereocenters. The lowest BCUT2D eigenvalue weighted by Crippen LogP contribution is -2.25. The monoisotopic (exact) mass is 579 g/mol. The van der Waals surface area contributed by atoms with Crippen LogP contribution in [0.2, 0.25) is 0 Å². The van der Waals surface area contributed by atoms with Gasteiger partial charge in [-0.2, -0.15) is 13.2 Å². The van der Waals surface area contributed by atoms with Gasteiger partial charge in [0.15, 0.2) is 0 Å². The summed E-state index contributed by atoms with van der Waals surface area (Å²) in [6.45, 7) is 7.11. The van der Waals surface area contributed by atoms with Crippen LogP contribution in [0.5, 0.6) is 17.2 Å². The Morgan fingerprint density at radius 3 is 2.24 bits per heavy atom. The number of hydrogen-bond acceptors (Lipinski definition) is 6. The molecule has 2 heterocycles. The van der Waals surface area contributed by atoms with E-state index in [2.05, 4.69) is 4.90 Å². The van der Waals surface area contributed by atoms with E-state index in [4.69, 9.17) is 13.9 Å². The van der Waals surface area contributed by atoms with Gasteiger partial charge < -0.3 is 13.9 Å². The number of nitrogens with zero attached hydrogens (tertiary/aromatic N) is 1. The Hall–Kier alpha value is -4.11. The van der Waals surface area contributed by atoms with Crippen LogP contribution in [0.15, 0.2) is 63.8 Å². The molecule has 0 amide bonds. The Morgan fingerprint density at radius 2 is 1.60 bits per heavy atom. The van der Waals surface area contributed by atoms with Gasteiger partial charge in [-0.05, 0) is 94.2 Å². The number of carbonyl (C=O) groups excluding carboxylic acids is 1. The molecule has 5 rings (SSSR count). The van der Waals surface area contributed by atoms with Crippen molar-refractivity contribution < 1.29 is 31.9 Å². The van der Waals surface area contributed by atoms with Crippen LogP contribution in [-0.4, -0.2) is 24.0 Å². The molecule has 0 bridgehead atoms. The van der Waals surface area contributed by atoms with Crippen molar-refractivity contribution >= 4 is 16.9 Å². The highest BCUT2D eigenvalue weighted by Gasteiger charge is 2.41. The molecule has 1 aliphatic heterocycles. The van der Waals surface area contributed by atoms with Gasteiger partial charge in [0.25, 0.3) is 5.76 Å². The number of aryl methyl sites for hydroxylation is 3. The Labute approximate surface area is 241 Å². The van der Waals surface area contributed by atoms with Crippen LogP contribution in [0.3, 0.4) is 0 Å². The molecular formula is C33H32F3NO5. The molecule has 0 spiro atoms. The Kier molecular flexibility index (Phi) is 8.41. The zero-order valence-electron chi connectivity index (χ0n) is 23.8. The molecule has 0 radical (unpaired) electrons. The first-order chi connectivity index (χ1) is 20.0. The van der Waals surface area contributed by atoms with Gasteiger partial charge >= 0.3 is 12.1 Å². The highest BCUT2D eigenvalue weighted by atomic mass is 19.4. The van der Waals surface area contributed by atoms with Crippen molar-refractivity contribution in [2.24, 2.45) is 0 Å². The van der Waals surface area contributed by atoms with Crippen LogP contribution in [0.4, 0.5) is 13.2 Å². The average molecular weight is 580 g/mol. The molecule has 1 saturated heterocycles. The lowest BCUT2D eigenvalue weighted by molar-refractivity contribution is -0.154. The van der Waals surface area contributed by atoms with E-state index in [1.807, 2.05) is 13.8 Å². The maximum absolute atomic E-state index is 14.4. The molecular weight excluding hydrogens is 547 g/mol. The number of ether oxygens (including phenoxy) is 2. The summed E-state index contributed by atoms with van der Waals surface area (Å²) in [5.41, 5.74) is 1.93. The number of alkyl halides is 3. The van der Waals surface area contributed by atoms with Crippen molar-refractivity contribution in [3.8, 4) is 17.2 Å². The van der Waals surface area contributed by atoms with Crippen molar-refractivity contribution in [2.45, 2.75) is 59.2 Å². The zero-order valence-corrected chi connectivity index (χ0v) is 23.8. The van der Waals surface area contributed by atoms with Crippen molar-refractivity contribution in [1.29, 1.82) is 0 Å². The molecule has 9 heteroatoms. The minimum absolute atomic E-state index is 0.0384. The van der Waals surface area contributed by atoms with Crippen LogP contribution < -0.4 is 14.9 Å². The summed E-state index contributed by atoms with van der Waals surface area (Å²) in [5, 5.41) is -0.0956. The first kappa shape index (κ1) is 29.4. The molecule has 4 aromatic rings. The van der Waals surface area contributed by atoms with Gasteiger partial charge in [-0.3, -0.25) is 9.69 Å². The molecule has 0 aliphatic carbocycles. The SMILES string of the molecule is Cc1ccc(C(=O)Oc2ccc3c(=O)c(Oc4ccc(C)c(C)c4)c(C(F)(F)F)oc3c2CN2CCCCCC2)cc1. The second-order valence-electron chi connectivity index (χ2n) is 10.8. The average Bonchev–Trinajstić information content (AvgIpc) is 3.22. The van der Waals surface area contributed by atoms with Crippen molar-refractivity contribution in [1.82, 2.24) is 4.90 Å². The molecule has 6 nitrogen and oxygen atoms in total. The van der Waals surface area contributed by atoms with Gasteiger partial charge in [0, 0.05) is 6.54 Å². The Morgan fingerprint density at radius 1 is 0.905 bits per heavy atom. The summed E-state index contributed by atoms with van der Waals surface area (Å²) in [6.07, 6.45) is -1.08. The fourth-order valence-corrected chi connectivity index (χ4v) is 5.07. The van der Waals surface area contributed by atoms with Gasteiger partial charge in [0.2, 0.25) is 11.2 Å². The maximum Gasteiger partial charge on any atom is 0.453 e. The maximum atomic E-state index is 14.4. The second kappa shape index (κ2) is 12.0. The first-order valence-corrected chi connectivity index (χ1v) is 14.0. The van der Waals surface area contributed by atoms with E-state index >= 15 is 0 Å². The number of halogens is 3. The van der Waals surface area contributed by atoms with Gasteiger partial charge in [-0.25, -0.2) is 4.79 Å². The van der Waals surface area contributed by atoms with Crippen LogP contribution >= 0.6 is 0 Å². The van der Waals surface area contributed by atoms with Crippen LogP contribution in [0.1, 0.15) is 64.1 Å². The van der Waals surface area contributed by atoms with Crippen LogP contribution in [0.25, 0.3) is 11.0 Å². The van der Waals surface area contributed by atoms with E-state index in [0.29, 0.717) is 13.1 Å². The smallest absolute Gasteiger partial charge is 0.449 e. The fourth-order valence-electron chi connectivity index (χ4n) is 5.07. The van der Waals surface area contributed by atoms with E-state index in [0.717, 1.165) is 42.4 Å². The summed E-state index contributed by atoms with van der Waals surface area (Å²) in [4.78, 5) is 28.7. The van der Waals surface area contributed by atoms with Gasteiger partial charge in [0.1, 0.15) is 17.1 Å². The zero-order chi connectivity index (χ0) is 30.0. The standard InChI is InChI=1S/C33H32F3NO5/c1-20-8-11-23(12-9-20)32(39)41-27-15-14-25-28(38)30(40-24-13-10-21(2)22(3)18-24)31(33(34,35)36)42-29(25)26(27)19-37-16-6-4-5-7-17-37/h8-15,18H,4-7,16-17,19H2,1-3H3. The van der Waals surface area contributed by atoms with Crippen molar-refractivity contribution in [2.75, 3.05) is 13.1 Å². The third kappa shape index (κ3) is 6.36. The van der Waals surface area contributed by atoms with E-state index in [1.165, 1.54) is 18.2 Å². The fraction of sp³-hybridized carbons (Fsp3) is 0.333. The molecule has 42 heavy (non-hydrogen) atoms. The largest absolute Gasteiger partial charge is 0.453 e. The normalized spacial score (nSPS) is 14.5. The number of rotatable bonds is 6. The van der Waals surface area contributed by atoms with E-state index < -0.39 is 29.1 Å². The summed E-state index contributed by atoms with van der Waals surface area (Å²) < 4.78 is 60.0. The highest BCUT2D eigenvalue weighted by molar-refractivity contribution is 5.92. The third-order valence-corrected chi connectivity index (χ3v) is 7.60. The first-order valence-electron chi connectivity index (χ1n) is 14.0. The predicted molar refractivity (Wildman–Crippen MR) is 153 cm³/mol. The third-order valence-electron chi connectivity index (χ3n) is 7.60. The Bertz CT molecular complexity index is 1670. The van der Waals surface area contributed by atoms with Gasteiger partial charge in [-0.1, -0.05) is 36.6 Å². The molecule has 1 aliphatic rings. The summed E-state index contributed by atoms with van der Waals surface area (Å²) in [6, 6.07) is 14.3. The lowest BCUT2D eigenvalue weighted by atomic mass is 10.1. The van der Waals surface area contributed by atoms with Crippen LogP contribution in [-0.2, 0) is 12.7 Å². The highest BCUT2D eigenvalue weighted by Crippen LogP contribution is 2.40. The quantitative estimate of drug-likeness (QED) is 0.170. The van der Waals surface area contributed by atoms with E-state index in [-0.39, 0.29) is 40.1 Å². The van der Waals surface area contributed by atoms with Crippen molar-refractivity contribution in [3.05, 3.63) is 98.4 Å². The minimum Gasteiger partial charge on any atom is -0.449 e. The number of hydrogen-bond donors (Lipinski definition) is 0. The molecule has 0 unspecified atom stereocenters. The molecule has 1 fully saturated rings.